The number of ether oxygens (including phenoxy) is 1. The van der Waals surface area contributed by atoms with Crippen LogP contribution in [0.25, 0.3) is 0 Å². The van der Waals surface area contributed by atoms with E-state index in [1.54, 1.807) is 22.9 Å². The molecule has 5 nitrogen and oxygen atoms in total. The Morgan fingerprint density at radius 1 is 1.29 bits per heavy atom. The molecule has 0 N–H and O–H groups in total. The third-order valence-corrected chi connectivity index (χ3v) is 3.37. The molecular weight excluding hydrogens is 268 g/mol. The van der Waals surface area contributed by atoms with Crippen molar-refractivity contribution in [3.8, 4) is 0 Å². The number of carbonyl (C=O) groups is 2. The van der Waals surface area contributed by atoms with Gasteiger partial charge in [-0.15, -0.1) is 6.58 Å². The number of carbonyl (C=O) groups excluding carboxylic acids is 2. The third kappa shape index (κ3) is 3.77. The zero-order valence-electron chi connectivity index (χ0n) is 14.3. The fourth-order valence-corrected chi connectivity index (χ4v) is 2.74. The van der Waals surface area contributed by atoms with Crippen LogP contribution in [0.1, 0.15) is 48.0 Å². The highest BCUT2D eigenvalue weighted by molar-refractivity contribution is 5.89. The van der Waals surface area contributed by atoms with E-state index in [9.17, 15) is 9.59 Å². The maximum absolute atomic E-state index is 12.6. The summed E-state index contributed by atoms with van der Waals surface area (Å²) in [6.07, 6.45) is 1.31. The van der Waals surface area contributed by atoms with Crippen LogP contribution in [0.5, 0.6) is 0 Å². The predicted molar refractivity (Wildman–Crippen MR) is 82.7 cm³/mol. The van der Waals surface area contributed by atoms with Crippen LogP contribution in [-0.4, -0.2) is 46.7 Å². The highest BCUT2D eigenvalue weighted by atomic mass is 16.6. The molecule has 1 aliphatic rings. The molecule has 0 aromatic rings. The van der Waals surface area contributed by atoms with E-state index in [2.05, 4.69) is 6.58 Å². The quantitative estimate of drug-likeness (QED) is 0.736. The van der Waals surface area contributed by atoms with Crippen LogP contribution in [0.3, 0.4) is 0 Å². The first-order valence-corrected chi connectivity index (χ1v) is 7.29. The van der Waals surface area contributed by atoms with E-state index in [-0.39, 0.29) is 17.5 Å². The highest BCUT2D eigenvalue weighted by Crippen LogP contribution is 2.36. The minimum atomic E-state index is -0.595. The molecule has 21 heavy (non-hydrogen) atoms. The summed E-state index contributed by atoms with van der Waals surface area (Å²) in [6, 6.07) is -0.536. The van der Waals surface area contributed by atoms with E-state index in [4.69, 9.17) is 4.74 Å². The van der Waals surface area contributed by atoms with Crippen molar-refractivity contribution in [2.45, 2.75) is 65.8 Å². The van der Waals surface area contributed by atoms with E-state index < -0.39 is 17.7 Å². The second-order valence-corrected chi connectivity index (χ2v) is 7.62. The lowest BCUT2D eigenvalue weighted by Crippen LogP contribution is -2.52. The van der Waals surface area contributed by atoms with Gasteiger partial charge in [0.15, 0.2) is 0 Å². The summed E-state index contributed by atoms with van der Waals surface area (Å²) in [5, 5.41) is 0. The number of hydrogen-bond acceptors (Lipinski definition) is 3. The molecule has 0 aromatic heterocycles. The highest BCUT2D eigenvalue weighted by Gasteiger charge is 2.51. The lowest BCUT2D eigenvalue weighted by Gasteiger charge is -2.39. The first-order chi connectivity index (χ1) is 9.40. The molecule has 0 aromatic carbocycles. The van der Waals surface area contributed by atoms with Crippen molar-refractivity contribution in [2.75, 3.05) is 7.05 Å². The Kier molecular flexibility index (Phi) is 4.76. The van der Waals surface area contributed by atoms with Crippen LogP contribution in [-0.2, 0) is 9.53 Å². The number of likely N-dealkylation sites (N-methyl/N-ethyl adjacent to an activating group) is 1. The first kappa shape index (κ1) is 17.5. The lowest BCUT2D eigenvalue weighted by atomic mass is 9.91. The standard InChI is InChI=1S/C16H28N2O3/c1-9-10-11-12(19)17(8)13(15(2,3)4)18(11)14(20)21-16(5,6)7/h9,11,13H,1,10H2,2-8H3. The maximum Gasteiger partial charge on any atom is 0.412 e. The summed E-state index contributed by atoms with van der Waals surface area (Å²) >= 11 is 0. The number of amides is 2. The smallest absolute Gasteiger partial charge is 0.412 e. The monoisotopic (exact) mass is 296 g/mol. The molecule has 1 rings (SSSR count). The van der Waals surface area contributed by atoms with Crippen LogP contribution < -0.4 is 0 Å². The minimum absolute atomic E-state index is 0.0688. The van der Waals surface area contributed by atoms with E-state index in [1.165, 1.54) is 0 Å². The summed E-state index contributed by atoms with van der Waals surface area (Å²) in [6.45, 7) is 15.2. The van der Waals surface area contributed by atoms with Gasteiger partial charge in [0.1, 0.15) is 17.8 Å². The Bertz CT molecular complexity index is 432. The predicted octanol–water partition coefficient (Wildman–Crippen LogP) is 3.01. The van der Waals surface area contributed by atoms with Gasteiger partial charge < -0.3 is 9.64 Å². The van der Waals surface area contributed by atoms with Gasteiger partial charge >= 0.3 is 6.09 Å². The van der Waals surface area contributed by atoms with Gasteiger partial charge in [-0.25, -0.2) is 4.79 Å². The van der Waals surface area contributed by atoms with Gasteiger partial charge in [0.25, 0.3) is 0 Å². The van der Waals surface area contributed by atoms with E-state index >= 15 is 0 Å². The zero-order valence-corrected chi connectivity index (χ0v) is 14.3. The van der Waals surface area contributed by atoms with Gasteiger partial charge in [-0.1, -0.05) is 26.8 Å². The fourth-order valence-electron chi connectivity index (χ4n) is 2.74. The molecule has 1 aliphatic heterocycles. The second kappa shape index (κ2) is 5.70. The van der Waals surface area contributed by atoms with Crippen LogP contribution >= 0.6 is 0 Å². The average molecular weight is 296 g/mol. The summed E-state index contributed by atoms with van der Waals surface area (Å²) in [5.41, 5.74) is -0.861. The van der Waals surface area contributed by atoms with Crippen molar-refractivity contribution in [1.82, 2.24) is 9.80 Å². The van der Waals surface area contributed by atoms with Crippen molar-refractivity contribution in [1.29, 1.82) is 0 Å². The third-order valence-electron chi connectivity index (χ3n) is 3.37. The molecule has 1 saturated heterocycles. The van der Waals surface area contributed by atoms with Gasteiger partial charge in [-0.3, -0.25) is 9.69 Å². The molecule has 1 fully saturated rings. The normalized spacial score (nSPS) is 23.5. The minimum Gasteiger partial charge on any atom is -0.444 e. The van der Waals surface area contributed by atoms with Crippen molar-refractivity contribution < 1.29 is 14.3 Å². The topological polar surface area (TPSA) is 49.9 Å². The molecule has 2 unspecified atom stereocenters. The summed E-state index contributed by atoms with van der Waals surface area (Å²) < 4.78 is 5.49. The summed E-state index contributed by atoms with van der Waals surface area (Å²) in [5.74, 6) is -0.0688. The number of rotatable bonds is 2. The van der Waals surface area contributed by atoms with Crippen molar-refractivity contribution in [3.05, 3.63) is 12.7 Å². The molecular formula is C16H28N2O3. The summed E-state index contributed by atoms with van der Waals surface area (Å²) in [7, 11) is 1.73. The molecule has 0 aliphatic carbocycles. The number of hydrogen-bond donors (Lipinski definition) is 0. The van der Waals surface area contributed by atoms with Crippen molar-refractivity contribution in [2.24, 2.45) is 5.41 Å². The van der Waals surface area contributed by atoms with E-state index in [0.717, 1.165) is 0 Å². The van der Waals surface area contributed by atoms with Crippen molar-refractivity contribution in [3.63, 3.8) is 0 Å². The second-order valence-electron chi connectivity index (χ2n) is 7.62. The number of nitrogens with zero attached hydrogens (tertiary/aromatic N) is 2. The van der Waals surface area contributed by atoms with E-state index in [1.807, 2.05) is 41.5 Å². The van der Waals surface area contributed by atoms with Gasteiger partial charge in [0.05, 0.1) is 0 Å². The molecule has 2 amide bonds. The van der Waals surface area contributed by atoms with Gasteiger partial charge in [0.2, 0.25) is 5.91 Å². The van der Waals surface area contributed by atoms with Crippen LogP contribution in [0.2, 0.25) is 0 Å². The zero-order chi connectivity index (χ0) is 16.6. The Labute approximate surface area is 127 Å². The van der Waals surface area contributed by atoms with Gasteiger partial charge in [-0.05, 0) is 27.2 Å². The largest absolute Gasteiger partial charge is 0.444 e. The van der Waals surface area contributed by atoms with Crippen molar-refractivity contribution >= 4 is 12.0 Å². The van der Waals surface area contributed by atoms with Crippen LogP contribution in [0, 0.1) is 5.41 Å². The molecule has 2 atom stereocenters. The summed E-state index contributed by atoms with van der Waals surface area (Å²) in [4.78, 5) is 28.2. The molecule has 0 radical (unpaired) electrons. The molecule has 120 valence electrons. The molecule has 0 spiro atoms. The average Bonchev–Trinajstić information content (AvgIpc) is 2.51. The molecule has 0 bridgehead atoms. The SMILES string of the molecule is C=CCC1C(=O)N(C)C(C(C)(C)C)N1C(=O)OC(C)(C)C. The van der Waals surface area contributed by atoms with Gasteiger partial charge in [-0.2, -0.15) is 0 Å². The first-order valence-electron chi connectivity index (χ1n) is 7.29. The molecule has 0 saturated carbocycles. The Morgan fingerprint density at radius 3 is 2.19 bits per heavy atom. The fraction of sp³-hybridized carbons (Fsp3) is 0.750. The Hall–Kier alpha value is -1.52. The Balaban J connectivity index is 3.20. The maximum atomic E-state index is 12.6. The molecule has 1 heterocycles. The van der Waals surface area contributed by atoms with Crippen LogP contribution in [0.15, 0.2) is 12.7 Å². The Morgan fingerprint density at radius 2 is 1.81 bits per heavy atom. The van der Waals surface area contributed by atoms with E-state index in [0.29, 0.717) is 6.42 Å². The molecule has 5 heteroatoms. The lowest BCUT2D eigenvalue weighted by molar-refractivity contribution is -0.129. The van der Waals surface area contributed by atoms with Crippen LogP contribution in [0.4, 0.5) is 4.79 Å². The van der Waals surface area contributed by atoms with Gasteiger partial charge in [0, 0.05) is 12.5 Å².